The number of carbonyl (C=O) groups is 1. The van der Waals surface area contributed by atoms with E-state index in [0.29, 0.717) is 11.6 Å². The van der Waals surface area contributed by atoms with Crippen molar-refractivity contribution < 1.29 is 9.53 Å². The molecule has 22 heavy (non-hydrogen) atoms. The Labute approximate surface area is 130 Å². The average Bonchev–Trinajstić information content (AvgIpc) is 2.55. The van der Waals surface area contributed by atoms with Crippen molar-refractivity contribution in [3.05, 3.63) is 53.7 Å². The standard InChI is InChI=1S/C18H20N2O2/c1-18(10-5-7-13-6-3-4-8-15(13)18)17(21)20-16-12-14(22-2)9-11-19-16/h3-4,6,8-9,11-12H,5,7,10H2,1-2H3,(H,19,20,21). The van der Waals surface area contributed by atoms with Crippen LogP contribution in [-0.4, -0.2) is 18.0 Å². The van der Waals surface area contributed by atoms with Crippen LogP contribution in [0.25, 0.3) is 0 Å². The van der Waals surface area contributed by atoms with E-state index in [1.807, 2.05) is 19.1 Å². The van der Waals surface area contributed by atoms with Gasteiger partial charge in [0, 0.05) is 12.3 Å². The van der Waals surface area contributed by atoms with Gasteiger partial charge in [-0.05, 0) is 43.4 Å². The maximum Gasteiger partial charge on any atom is 0.235 e. The number of anilines is 1. The summed E-state index contributed by atoms with van der Waals surface area (Å²) >= 11 is 0. The summed E-state index contributed by atoms with van der Waals surface area (Å²) in [5.74, 6) is 1.19. The lowest BCUT2D eigenvalue weighted by Crippen LogP contribution is -2.40. The third-order valence-electron chi connectivity index (χ3n) is 4.44. The van der Waals surface area contributed by atoms with Crippen LogP contribution in [0.3, 0.4) is 0 Å². The SMILES string of the molecule is COc1ccnc(NC(=O)C2(C)CCCc3ccccc32)c1. The van der Waals surface area contributed by atoms with E-state index in [2.05, 4.69) is 22.4 Å². The van der Waals surface area contributed by atoms with Crippen LogP contribution in [0.5, 0.6) is 5.75 Å². The molecular weight excluding hydrogens is 276 g/mol. The Hall–Kier alpha value is -2.36. The van der Waals surface area contributed by atoms with Crippen LogP contribution in [0, 0.1) is 0 Å². The molecule has 1 heterocycles. The Bertz CT molecular complexity index is 699. The molecule has 0 bridgehead atoms. The highest BCUT2D eigenvalue weighted by Gasteiger charge is 2.38. The molecule has 2 aromatic rings. The first-order chi connectivity index (χ1) is 10.6. The predicted octanol–water partition coefficient (Wildman–Crippen LogP) is 3.32. The first kappa shape index (κ1) is 14.6. The molecule has 1 N–H and O–H groups in total. The van der Waals surface area contributed by atoms with E-state index in [9.17, 15) is 4.79 Å². The van der Waals surface area contributed by atoms with Crippen LogP contribution in [-0.2, 0) is 16.6 Å². The number of nitrogens with one attached hydrogen (secondary N) is 1. The highest BCUT2D eigenvalue weighted by Crippen LogP contribution is 2.38. The topological polar surface area (TPSA) is 51.2 Å². The van der Waals surface area contributed by atoms with Gasteiger partial charge in [-0.2, -0.15) is 0 Å². The van der Waals surface area contributed by atoms with E-state index in [0.717, 1.165) is 24.8 Å². The molecule has 3 rings (SSSR count). The molecule has 1 aromatic heterocycles. The van der Waals surface area contributed by atoms with Gasteiger partial charge in [0.2, 0.25) is 5.91 Å². The summed E-state index contributed by atoms with van der Waals surface area (Å²) in [7, 11) is 1.60. The minimum atomic E-state index is -0.514. The first-order valence-electron chi connectivity index (χ1n) is 7.53. The normalized spacial score (nSPS) is 20.1. The first-order valence-corrected chi connectivity index (χ1v) is 7.53. The van der Waals surface area contributed by atoms with Crippen molar-refractivity contribution in [2.24, 2.45) is 0 Å². The summed E-state index contributed by atoms with van der Waals surface area (Å²) in [5, 5.41) is 2.94. The quantitative estimate of drug-likeness (QED) is 0.945. The van der Waals surface area contributed by atoms with Gasteiger partial charge in [-0.15, -0.1) is 0 Å². The molecule has 1 aliphatic rings. The van der Waals surface area contributed by atoms with Crippen molar-refractivity contribution >= 4 is 11.7 Å². The summed E-state index contributed by atoms with van der Waals surface area (Å²) in [6, 6.07) is 11.7. The van der Waals surface area contributed by atoms with Crippen molar-refractivity contribution in [2.45, 2.75) is 31.6 Å². The lowest BCUT2D eigenvalue weighted by molar-refractivity contribution is -0.121. The fraction of sp³-hybridized carbons (Fsp3) is 0.333. The second-order valence-electron chi connectivity index (χ2n) is 5.88. The zero-order valence-electron chi connectivity index (χ0n) is 12.9. The molecule has 1 unspecified atom stereocenters. The van der Waals surface area contributed by atoms with Crippen LogP contribution >= 0.6 is 0 Å². The van der Waals surface area contributed by atoms with E-state index in [1.165, 1.54) is 5.56 Å². The molecule has 1 aliphatic carbocycles. The van der Waals surface area contributed by atoms with E-state index in [1.54, 1.807) is 25.4 Å². The van der Waals surface area contributed by atoms with Crippen molar-refractivity contribution in [3.63, 3.8) is 0 Å². The molecule has 114 valence electrons. The van der Waals surface area contributed by atoms with E-state index < -0.39 is 5.41 Å². The van der Waals surface area contributed by atoms with Gasteiger partial charge >= 0.3 is 0 Å². The molecule has 0 saturated heterocycles. The summed E-state index contributed by atoms with van der Waals surface area (Å²) in [5.41, 5.74) is 1.88. The summed E-state index contributed by atoms with van der Waals surface area (Å²) in [6.45, 7) is 2.01. The second-order valence-corrected chi connectivity index (χ2v) is 5.88. The van der Waals surface area contributed by atoms with Gasteiger partial charge < -0.3 is 10.1 Å². The summed E-state index contributed by atoms with van der Waals surface area (Å²) < 4.78 is 5.17. The lowest BCUT2D eigenvalue weighted by atomic mass is 9.70. The Balaban J connectivity index is 1.88. The van der Waals surface area contributed by atoms with Crippen LogP contribution in [0.1, 0.15) is 30.9 Å². The fourth-order valence-corrected chi connectivity index (χ4v) is 3.14. The van der Waals surface area contributed by atoms with E-state index >= 15 is 0 Å². The average molecular weight is 296 g/mol. The molecule has 4 heteroatoms. The number of aromatic nitrogens is 1. The zero-order valence-corrected chi connectivity index (χ0v) is 12.9. The Morgan fingerprint density at radius 2 is 2.14 bits per heavy atom. The van der Waals surface area contributed by atoms with Crippen LogP contribution in [0.2, 0.25) is 0 Å². The highest BCUT2D eigenvalue weighted by atomic mass is 16.5. The Kier molecular flexibility index (Phi) is 3.84. The second kappa shape index (κ2) is 5.79. The van der Waals surface area contributed by atoms with Crippen LogP contribution in [0.4, 0.5) is 5.82 Å². The molecule has 0 fully saturated rings. The Morgan fingerprint density at radius 1 is 1.32 bits per heavy atom. The highest BCUT2D eigenvalue weighted by molar-refractivity contribution is 5.98. The van der Waals surface area contributed by atoms with Crippen molar-refractivity contribution in [1.82, 2.24) is 4.98 Å². The van der Waals surface area contributed by atoms with Crippen molar-refractivity contribution in [3.8, 4) is 5.75 Å². The smallest absolute Gasteiger partial charge is 0.235 e. The number of rotatable bonds is 3. The van der Waals surface area contributed by atoms with Gasteiger partial charge in [0.25, 0.3) is 0 Å². The molecule has 1 amide bonds. The van der Waals surface area contributed by atoms with Crippen molar-refractivity contribution in [1.29, 1.82) is 0 Å². The summed E-state index contributed by atoms with van der Waals surface area (Å²) in [4.78, 5) is 17.1. The van der Waals surface area contributed by atoms with E-state index in [4.69, 9.17) is 4.74 Å². The predicted molar refractivity (Wildman–Crippen MR) is 86.2 cm³/mol. The minimum Gasteiger partial charge on any atom is -0.497 e. The number of benzene rings is 1. The fourth-order valence-electron chi connectivity index (χ4n) is 3.14. The monoisotopic (exact) mass is 296 g/mol. The molecule has 4 nitrogen and oxygen atoms in total. The van der Waals surface area contributed by atoms with E-state index in [-0.39, 0.29) is 5.91 Å². The number of ether oxygens (including phenoxy) is 1. The van der Waals surface area contributed by atoms with Gasteiger partial charge in [-0.25, -0.2) is 4.98 Å². The zero-order chi connectivity index (χ0) is 15.6. The number of aryl methyl sites for hydroxylation is 1. The molecular formula is C18H20N2O2. The minimum absolute atomic E-state index is 0.0135. The number of hydrogen-bond acceptors (Lipinski definition) is 3. The largest absolute Gasteiger partial charge is 0.497 e. The van der Waals surface area contributed by atoms with Crippen LogP contribution < -0.4 is 10.1 Å². The maximum atomic E-state index is 12.9. The third kappa shape index (κ3) is 2.56. The number of fused-ring (bicyclic) bond motifs is 1. The lowest BCUT2D eigenvalue weighted by Gasteiger charge is -2.34. The summed E-state index contributed by atoms with van der Waals surface area (Å²) in [6.07, 6.45) is 4.54. The number of nitrogens with zero attached hydrogens (tertiary/aromatic N) is 1. The van der Waals surface area contributed by atoms with Crippen molar-refractivity contribution in [2.75, 3.05) is 12.4 Å². The number of carbonyl (C=O) groups excluding carboxylic acids is 1. The van der Waals surface area contributed by atoms with Gasteiger partial charge in [0.05, 0.1) is 12.5 Å². The molecule has 1 atom stereocenters. The van der Waals surface area contributed by atoms with Gasteiger partial charge in [-0.3, -0.25) is 4.79 Å². The maximum absolute atomic E-state index is 12.9. The van der Waals surface area contributed by atoms with Gasteiger partial charge in [0.1, 0.15) is 11.6 Å². The number of methoxy groups -OCH3 is 1. The Morgan fingerprint density at radius 3 is 2.95 bits per heavy atom. The van der Waals surface area contributed by atoms with Crippen LogP contribution in [0.15, 0.2) is 42.6 Å². The molecule has 0 saturated carbocycles. The molecule has 0 spiro atoms. The molecule has 0 radical (unpaired) electrons. The molecule has 0 aliphatic heterocycles. The number of pyridine rings is 1. The molecule has 1 aromatic carbocycles. The van der Waals surface area contributed by atoms with Gasteiger partial charge in [0.15, 0.2) is 0 Å². The number of amides is 1. The number of hydrogen-bond donors (Lipinski definition) is 1. The third-order valence-corrected chi connectivity index (χ3v) is 4.44. The van der Waals surface area contributed by atoms with Gasteiger partial charge in [-0.1, -0.05) is 24.3 Å².